The van der Waals surface area contributed by atoms with E-state index in [1.165, 1.54) is 36.2 Å². The van der Waals surface area contributed by atoms with E-state index in [1.54, 1.807) is 0 Å². The van der Waals surface area contributed by atoms with Crippen LogP contribution in [-0.4, -0.2) is 67.0 Å². The fourth-order valence-electron chi connectivity index (χ4n) is 2.44. The summed E-state index contributed by atoms with van der Waals surface area (Å²) in [5.74, 6) is -1.99. The number of esters is 1. The van der Waals surface area contributed by atoms with Crippen LogP contribution in [0.4, 0.5) is 19.3 Å². The molecule has 11 heteroatoms. The van der Waals surface area contributed by atoms with Crippen molar-refractivity contribution in [3.8, 4) is 5.75 Å². The molecule has 1 N–H and O–H groups in total. The maximum absolute atomic E-state index is 12.3. The number of para-hydroxylation sites is 2. The van der Waals surface area contributed by atoms with E-state index in [0.717, 1.165) is 4.90 Å². The minimum Gasteiger partial charge on any atom is -0.456 e. The summed E-state index contributed by atoms with van der Waals surface area (Å²) >= 11 is 0. The number of carbonyl (C=O) groups is 4. The van der Waals surface area contributed by atoms with Crippen molar-refractivity contribution in [2.24, 2.45) is 0 Å². The van der Waals surface area contributed by atoms with Gasteiger partial charge in [-0.25, -0.2) is 4.79 Å². The highest BCUT2D eigenvalue weighted by Gasteiger charge is 2.32. The van der Waals surface area contributed by atoms with Crippen molar-refractivity contribution in [3.63, 3.8) is 0 Å². The van der Waals surface area contributed by atoms with Crippen LogP contribution in [0.5, 0.6) is 5.75 Å². The van der Waals surface area contributed by atoms with Crippen LogP contribution in [0.15, 0.2) is 24.3 Å². The summed E-state index contributed by atoms with van der Waals surface area (Å²) in [5.41, 5.74) is 0.0130. The smallest absolute Gasteiger partial charge is 0.387 e. The number of nitrogens with one attached hydrogen (secondary N) is 1. The second-order valence-electron chi connectivity index (χ2n) is 5.87. The molecule has 0 atom stereocenters. The van der Waals surface area contributed by atoms with Gasteiger partial charge in [-0.15, -0.1) is 0 Å². The van der Waals surface area contributed by atoms with E-state index < -0.39 is 31.1 Å². The van der Waals surface area contributed by atoms with Crippen molar-refractivity contribution >= 4 is 29.5 Å². The van der Waals surface area contributed by atoms with Crippen LogP contribution in [-0.2, 0) is 19.1 Å². The lowest BCUT2D eigenvalue weighted by atomic mass is 10.3. The molecule has 152 valence electrons. The molecule has 1 aromatic rings. The summed E-state index contributed by atoms with van der Waals surface area (Å²) in [6.45, 7) is -3.60. The number of urea groups is 1. The molecule has 2 rings (SSSR count). The van der Waals surface area contributed by atoms with E-state index >= 15 is 0 Å². The van der Waals surface area contributed by atoms with Crippen LogP contribution >= 0.6 is 0 Å². The van der Waals surface area contributed by atoms with Crippen LogP contribution in [0, 0.1) is 0 Å². The SMILES string of the molecule is CN1CC(=O)N(CCCC(=O)OCC(=O)Nc2ccccc2OC(F)F)C1=O. The number of halogens is 2. The average molecular weight is 399 g/mol. The fourth-order valence-corrected chi connectivity index (χ4v) is 2.44. The Bertz CT molecular complexity index is 758. The van der Waals surface area contributed by atoms with Crippen LogP contribution in [0.3, 0.4) is 0 Å². The zero-order chi connectivity index (χ0) is 20.7. The van der Waals surface area contributed by atoms with Gasteiger partial charge in [0.25, 0.3) is 5.91 Å². The highest BCUT2D eigenvalue weighted by Crippen LogP contribution is 2.25. The zero-order valence-electron chi connectivity index (χ0n) is 15.0. The Labute approximate surface area is 159 Å². The number of hydrogen-bond donors (Lipinski definition) is 1. The molecule has 1 aliphatic rings. The van der Waals surface area contributed by atoms with Gasteiger partial charge in [-0.2, -0.15) is 8.78 Å². The number of rotatable bonds is 9. The lowest BCUT2D eigenvalue weighted by molar-refractivity contribution is -0.147. The molecule has 1 saturated heterocycles. The molecule has 1 heterocycles. The van der Waals surface area contributed by atoms with E-state index in [1.807, 2.05) is 0 Å². The van der Waals surface area contributed by atoms with Crippen molar-refractivity contribution < 1.29 is 37.4 Å². The third kappa shape index (κ3) is 5.89. The van der Waals surface area contributed by atoms with E-state index in [4.69, 9.17) is 4.74 Å². The first-order valence-corrected chi connectivity index (χ1v) is 8.32. The molecule has 0 bridgehead atoms. The summed E-state index contributed by atoms with van der Waals surface area (Å²) in [7, 11) is 1.50. The lowest BCUT2D eigenvalue weighted by Gasteiger charge is -2.13. The van der Waals surface area contributed by atoms with Gasteiger partial charge in [0.15, 0.2) is 6.61 Å². The van der Waals surface area contributed by atoms with Gasteiger partial charge in [0.2, 0.25) is 5.91 Å². The Hall–Kier alpha value is -3.24. The summed E-state index contributed by atoms with van der Waals surface area (Å²) in [6, 6.07) is 5.16. The first-order chi connectivity index (χ1) is 13.3. The highest BCUT2D eigenvalue weighted by atomic mass is 19.3. The first-order valence-electron chi connectivity index (χ1n) is 8.32. The Morgan fingerprint density at radius 2 is 1.96 bits per heavy atom. The van der Waals surface area contributed by atoms with E-state index in [2.05, 4.69) is 10.1 Å². The number of amides is 4. The Morgan fingerprint density at radius 3 is 2.61 bits per heavy atom. The van der Waals surface area contributed by atoms with Gasteiger partial charge in [0.05, 0.1) is 5.69 Å². The maximum Gasteiger partial charge on any atom is 0.387 e. The molecule has 0 aromatic heterocycles. The fraction of sp³-hybridized carbons (Fsp3) is 0.412. The predicted octanol–water partition coefficient (Wildman–Crippen LogP) is 1.44. The molecule has 4 amide bonds. The van der Waals surface area contributed by atoms with E-state index in [0.29, 0.717) is 0 Å². The van der Waals surface area contributed by atoms with Gasteiger partial charge in [-0.3, -0.25) is 19.3 Å². The largest absolute Gasteiger partial charge is 0.456 e. The third-order valence-electron chi connectivity index (χ3n) is 3.74. The van der Waals surface area contributed by atoms with Gasteiger partial charge in [0.1, 0.15) is 12.3 Å². The Kier molecular flexibility index (Phi) is 7.24. The molecule has 1 aliphatic heterocycles. The van der Waals surface area contributed by atoms with Crippen LogP contribution in [0.25, 0.3) is 0 Å². The van der Waals surface area contributed by atoms with Crippen LogP contribution < -0.4 is 10.1 Å². The zero-order valence-corrected chi connectivity index (χ0v) is 15.0. The average Bonchev–Trinajstić information content (AvgIpc) is 2.87. The number of alkyl halides is 2. The number of ether oxygens (including phenoxy) is 2. The van der Waals surface area contributed by atoms with Gasteiger partial charge < -0.3 is 19.7 Å². The Balaban J connectivity index is 1.72. The summed E-state index contributed by atoms with van der Waals surface area (Å²) in [4.78, 5) is 49.1. The first kappa shape index (κ1) is 21.1. The molecule has 1 fully saturated rings. The predicted molar refractivity (Wildman–Crippen MR) is 91.6 cm³/mol. The second-order valence-corrected chi connectivity index (χ2v) is 5.87. The van der Waals surface area contributed by atoms with Gasteiger partial charge >= 0.3 is 18.6 Å². The molecule has 0 spiro atoms. The van der Waals surface area contributed by atoms with Crippen molar-refractivity contribution in [3.05, 3.63) is 24.3 Å². The van der Waals surface area contributed by atoms with Crippen LogP contribution in [0.1, 0.15) is 12.8 Å². The molecule has 0 radical (unpaired) electrons. The number of hydrogen-bond acceptors (Lipinski definition) is 6. The topological polar surface area (TPSA) is 105 Å². The van der Waals surface area contributed by atoms with E-state index in [-0.39, 0.29) is 43.3 Å². The number of likely N-dealkylation sites (N-methyl/N-ethyl adjacent to an activating group) is 1. The number of imide groups is 1. The summed E-state index contributed by atoms with van der Waals surface area (Å²) in [6.07, 6.45) is 0.0932. The molecule has 0 aliphatic carbocycles. The molecule has 9 nitrogen and oxygen atoms in total. The second kappa shape index (κ2) is 9.62. The minimum atomic E-state index is -3.05. The van der Waals surface area contributed by atoms with Crippen molar-refractivity contribution in [1.29, 1.82) is 0 Å². The van der Waals surface area contributed by atoms with Crippen molar-refractivity contribution in [2.75, 3.05) is 32.1 Å². The van der Waals surface area contributed by atoms with Gasteiger partial charge in [-0.1, -0.05) is 12.1 Å². The number of carbonyl (C=O) groups excluding carboxylic acids is 4. The molecule has 1 aromatic carbocycles. The van der Waals surface area contributed by atoms with E-state index in [9.17, 15) is 28.0 Å². The van der Waals surface area contributed by atoms with Crippen molar-refractivity contribution in [1.82, 2.24) is 9.80 Å². The maximum atomic E-state index is 12.3. The Morgan fingerprint density at radius 1 is 1.25 bits per heavy atom. The highest BCUT2D eigenvalue weighted by molar-refractivity contribution is 6.01. The number of benzene rings is 1. The minimum absolute atomic E-state index is 0.000197. The quantitative estimate of drug-likeness (QED) is 0.498. The van der Waals surface area contributed by atoms with Crippen molar-refractivity contribution in [2.45, 2.75) is 19.5 Å². The standard InChI is InChI=1S/C17H19F2N3O6/c1-21-9-14(24)22(17(21)26)8-4-7-15(25)27-10-13(23)20-11-5-2-3-6-12(11)28-16(18)19/h2-3,5-6,16H,4,7-10H2,1H3,(H,20,23). The molecule has 0 unspecified atom stereocenters. The summed E-state index contributed by atoms with van der Waals surface area (Å²) in [5, 5.41) is 2.31. The van der Waals surface area contributed by atoms with Crippen LogP contribution in [0.2, 0.25) is 0 Å². The molecule has 0 saturated carbocycles. The monoisotopic (exact) mass is 399 g/mol. The summed E-state index contributed by atoms with van der Waals surface area (Å²) < 4.78 is 33.8. The number of anilines is 1. The molecular formula is C17H19F2N3O6. The molecule has 28 heavy (non-hydrogen) atoms. The molecular weight excluding hydrogens is 380 g/mol. The van der Waals surface area contributed by atoms with Gasteiger partial charge in [0, 0.05) is 20.0 Å². The third-order valence-corrected chi connectivity index (χ3v) is 3.74. The normalized spacial score (nSPS) is 13.9. The number of nitrogens with zero attached hydrogens (tertiary/aromatic N) is 2. The lowest BCUT2D eigenvalue weighted by Crippen LogP contribution is -2.32. The van der Waals surface area contributed by atoms with Gasteiger partial charge in [-0.05, 0) is 18.6 Å².